The van der Waals surface area contributed by atoms with Crippen molar-refractivity contribution >= 4 is 0 Å². The van der Waals surface area contributed by atoms with Crippen LogP contribution in [0, 0.1) is 17.3 Å². The van der Waals surface area contributed by atoms with Gasteiger partial charge < -0.3 is 0 Å². The third-order valence-corrected chi connectivity index (χ3v) is 6.47. The van der Waals surface area contributed by atoms with E-state index >= 15 is 0 Å². The molecule has 2 rings (SSSR count). The maximum absolute atomic E-state index is 2.71. The van der Waals surface area contributed by atoms with E-state index in [4.69, 9.17) is 0 Å². The minimum atomic E-state index is 0.509. The summed E-state index contributed by atoms with van der Waals surface area (Å²) in [5, 5.41) is 0. The normalized spacial score (nSPS) is 40.7. The average Bonchev–Trinajstić information content (AvgIpc) is 2.58. The summed E-state index contributed by atoms with van der Waals surface area (Å²) in [4.78, 5) is 2.71. The lowest BCUT2D eigenvalue weighted by Crippen LogP contribution is -2.54. The first-order valence-electron chi connectivity index (χ1n) is 8.31. The number of hydrogen-bond donors (Lipinski definition) is 0. The van der Waals surface area contributed by atoms with Gasteiger partial charge in [0.25, 0.3) is 0 Å². The maximum atomic E-state index is 2.71. The molecular formula is C18H33N. The van der Waals surface area contributed by atoms with Gasteiger partial charge in [-0.3, -0.25) is 4.90 Å². The Hall–Kier alpha value is -0.300. The lowest BCUT2D eigenvalue weighted by molar-refractivity contribution is -0.00121. The summed E-state index contributed by atoms with van der Waals surface area (Å²) in [6.07, 6.45) is 4.03. The standard InChI is InChI=1S/C18H33N/c1-8-17-13(4)11-18(15(17)6)9-10-19(12(2)3)16(7)14(18)5/h12-14,16H,8-11H2,1-7H3/t13-,14-,16+,18-/m0/s1. The van der Waals surface area contributed by atoms with Crippen molar-refractivity contribution in [3.8, 4) is 0 Å². The molecule has 110 valence electrons. The Morgan fingerprint density at radius 1 is 1.26 bits per heavy atom. The van der Waals surface area contributed by atoms with Crippen LogP contribution in [0.1, 0.15) is 67.7 Å². The summed E-state index contributed by atoms with van der Waals surface area (Å²) in [5.41, 5.74) is 4.03. The quantitative estimate of drug-likeness (QED) is 0.642. The van der Waals surface area contributed by atoms with Crippen LogP contribution in [0.5, 0.6) is 0 Å². The van der Waals surface area contributed by atoms with Gasteiger partial charge in [-0.05, 0) is 70.8 Å². The number of nitrogens with zero attached hydrogens (tertiary/aromatic N) is 1. The zero-order valence-corrected chi connectivity index (χ0v) is 14.1. The van der Waals surface area contributed by atoms with Crippen LogP contribution in [-0.2, 0) is 0 Å². The van der Waals surface area contributed by atoms with Crippen molar-refractivity contribution in [2.45, 2.75) is 79.8 Å². The molecule has 0 aromatic rings. The van der Waals surface area contributed by atoms with Gasteiger partial charge in [0.2, 0.25) is 0 Å². The third kappa shape index (κ3) is 2.18. The Bertz CT molecular complexity index is 368. The molecule has 0 amide bonds. The molecule has 1 saturated heterocycles. The SMILES string of the molecule is CCC1=C(C)[C@@]2(CCN(C(C)C)[C@H](C)[C@@H]2C)C[C@@H]1C. The molecular weight excluding hydrogens is 230 g/mol. The summed E-state index contributed by atoms with van der Waals surface area (Å²) in [5.74, 6) is 1.60. The van der Waals surface area contributed by atoms with E-state index in [0.29, 0.717) is 17.5 Å². The van der Waals surface area contributed by atoms with Crippen molar-refractivity contribution in [1.82, 2.24) is 4.90 Å². The molecule has 1 nitrogen and oxygen atoms in total. The highest BCUT2D eigenvalue weighted by Crippen LogP contribution is 2.56. The Kier molecular flexibility index (Phi) is 4.16. The first kappa shape index (κ1) is 15.1. The van der Waals surface area contributed by atoms with E-state index in [-0.39, 0.29) is 0 Å². The largest absolute Gasteiger partial charge is 0.298 e. The zero-order valence-electron chi connectivity index (χ0n) is 14.1. The fourth-order valence-electron chi connectivity index (χ4n) is 5.18. The van der Waals surface area contributed by atoms with E-state index in [2.05, 4.69) is 53.4 Å². The van der Waals surface area contributed by atoms with Crippen molar-refractivity contribution in [2.75, 3.05) is 6.54 Å². The number of allylic oxidation sites excluding steroid dienone is 2. The van der Waals surface area contributed by atoms with Gasteiger partial charge in [-0.15, -0.1) is 0 Å². The monoisotopic (exact) mass is 263 g/mol. The smallest absolute Gasteiger partial charge is 0.0104 e. The molecule has 1 aliphatic heterocycles. The van der Waals surface area contributed by atoms with Gasteiger partial charge in [0.15, 0.2) is 0 Å². The van der Waals surface area contributed by atoms with E-state index in [0.717, 1.165) is 11.8 Å². The molecule has 0 bridgehead atoms. The van der Waals surface area contributed by atoms with E-state index in [1.807, 2.05) is 0 Å². The number of piperidine rings is 1. The average molecular weight is 263 g/mol. The van der Waals surface area contributed by atoms with Gasteiger partial charge in [-0.25, -0.2) is 0 Å². The van der Waals surface area contributed by atoms with Crippen molar-refractivity contribution in [2.24, 2.45) is 17.3 Å². The van der Waals surface area contributed by atoms with Crippen LogP contribution in [0.3, 0.4) is 0 Å². The molecule has 0 radical (unpaired) electrons. The van der Waals surface area contributed by atoms with E-state index in [9.17, 15) is 0 Å². The van der Waals surface area contributed by atoms with Crippen LogP contribution in [0.25, 0.3) is 0 Å². The summed E-state index contributed by atoms with van der Waals surface area (Å²) >= 11 is 0. The number of rotatable bonds is 2. The summed E-state index contributed by atoms with van der Waals surface area (Å²) in [6, 6.07) is 1.40. The Balaban J connectivity index is 2.31. The summed E-state index contributed by atoms with van der Waals surface area (Å²) < 4.78 is 0. The Morgan fingerprint density at radius 3 is 2.37 bits per heavy atom. The van der Waals surface area contributed by atoms with Crippen LogP contribution in [0.15, 0.2) is 11.1 Å². The Morgan fingerprint density at radius 2 is 1.89 bits per heavy atom. The third-order valence-electron chi connectivity index (χ3n) is 6.47. The van der Waals surface area contributed by atoms with Gasteiger partial charge in [-0.2, -0.15) is 0 Å². The van der Waals surface area contributed by atoms with Gasteiger partial charge in [0.05, 0.1) is 0 Å². The molecule has 1 heterocycles. The molecule has 0 saturated carbocycles. The first-order chi connectivity index (χ1) is 8.85. The topological polar surface area (TPSA) is 3.24 Å². The maximum Gasteiger partial charge on any atom is 0.0104 e. The van der Waals surface area contributed by atoms with Crippen LogP contribution >= 0.6 is 0 Å². The first-order valence-corrected chi connectivity index (χ1v) is 8.31. The fraction of sp³-hybridized carbons (Fsp3) is 0.889. The molecule has 0 N–H and O–H groups in total. The van der Waals surface area contributed by atoms with Crippen LogP contribution in [0.2, 0.25) is 0 Å². The van der Waals surface area contributed by atoms with Gasteiger partial charge in [0, 0.05) is 12.1 Å². The van der Waals surface area contributed by atoms with E-state index < -0.39 is 0 Å². The highest BCUT2D eigenvalue weighted by Gasteiger charge is 2.50. The highest BCUT2D eigenvalue weighted by atomic mass is 15.2. The van der Waals surface area contributed by atoms with E-state index in [1.165, 1.54) is 25.8 Å². The van der Waals surface area contributed by atoms with Gasteiger partial charge >= 0.3 is 0 Å². The number of hydrogen-bond acceptors (Lipinski definition) is 1. The minimum Gasteiger partial charge on any atom is -0.298 e. The van der Waals surface area contributed by atoms with E-state index in [1.54, 1.807) is 11.1 Å². The lowest BCUT2D eigenvalue weighted by atomic mass is 9.63. The molecule has 1 fully saturated rings. The molecule has 0 unspecified atom stereocenters. The minimum absolute atomic E-state index is 0.509. The van der Waals surface area contributed by atoms with Crippen LogP contribution in [-0.4, -0.2) is 23.5 Å². The predicted octanol–water partition coefficient (Wildman–Crippen LogP) is 4.88. The van der Waals surface area contributed by atoms with Crippen LogP contribution in [0.4, 0.5) is 0 Å². The molecule has 19 heavy (non-hydrogen) atoms. The molecule has 0 aromatic heterocycles. The van der Waals surface area contributed by atoms with Crippen molar-refractivity contribution in [3.05, 3.63) is 11.1 Å². The zero-order chi connectivity index (χ0) is 14.4. The van der Waals surface area contributed by atoms with Crippen LogP contribution < -0.4 is 0 Å². The summed E-state index contributed by atoms with van der Waals surface area (Å²) in [7, 11) is 0. The van der Waals surface area contributed by atoms with Crippen molar-refractivity contribution in [1.29, 1.82) is 0 Å². The molecule has 1 spiro atoms. The van der Waals surface area contributed by atoms with Gasteiger partial charge in [0.1, 0.15) is 0 Å². The lowest BCUT2D eigenvalue weighted by Gasteiger charge is -2.52. The molecule has 1 heteroatoms. The second-order valence-corrected chi connectivity index (χ2v) is 7.38. The second kappa shape index (κ2) is 5.24. The predicted molar refractivity (Wildman–Crippen MR) is 84.3 cm³/mol. The Labute approximate surface area is 120 Å². The fourth-order valence-corrected chi connectivity index (χ4v) is 5.18. The summed E-state index contributed by atoms with van der Waals surface area (Å²) in [6.45, 7) is 18.2. The highest BCUT2D eigenvalue weighted by molar-refractivity contribution is 5.31. The van der Waals surface area contributed by atoms with Gasteiger partial charge in [-0.1, -0.05) is 31.9 Å². The van der Waals surface area contributed by atoms with Crippen molar-refractivity contribution < 1.29 is 0 Å². The second-order valence-electron chi connectivity index (χ2n) is 7.38. The number of likely N-dealkylation sites (tertiary alicyclic amines) is 1. The molecule has 4 atom stereocenters. The molecule has 1 aliphatic carbocycles. The van der Waals surface area contributed by atoms with Crippen molar-refractivity contribution in [3.63, 3.8) is 0 Å². The molecule has 2 aliphatic rings. The molecule has 0 aromatic carbocycles.